The van der Waals surface area contributed by atoms with E-state index in [1.807, 2.05) is 6.07 Å². The largest absolute Gasteiger partial charge is 0.465 e. The SMILES string of the molecule is COC(=O)c1ccc(Nc2cccc(C(=O)OC)c2)cc1. The fourth-order valence-electron chi connectivity index (χ4n) is 1.82. The number of anilines is 2. The zero-order chi connectivity index (χ0) is 15.2. The Kier molecular flexibility index (Phi) is 4.56. The maximum atomic E-state index is 11.5. The Morgan fingerprint density at radius 3 is 2.05 bits per heavy atom. The van der Waals surface area contributed by atoms with Gasteiger partial charge in [-0.05, 0) is 42.5 Å². The second-order valence-corrected chi connectivity index (χ2v) is 4.27. The van der Waals surface area contributed by atoms with Gasteiger partial charge in [0.15, 0.2) is 0 Å². The molecule has 0 bridgehead atoms. The van der Waals surface area contributed by atoms with Gasteiger partial charge >= 0.3 is 11.9 Å². The third kappa shape index (κ3) is 3.60. The molecule has 0 saturated heterocycles. The Labute approximate surface area is 122 Å². The van der Waals surface area contributed by atoms with E-state index in [9.17, 15) is 9.59 Å². The van der Waals surface area contributed by atoms with E-state index in [0.29, 0.717) is 11.1 Å². The van der Waals surface area contributed by atoms with Crippen molar-refractivity contribution in [3.63, 3.8) is 0 Å². The van der Waals surface area contributed by atoms with Crippen LogP contribution in [0, 0.1) is 0 Å². The Balaban J connectivity index is 2.15. The molecule has 0 saturated carbocycles. The van der Waals surface area contributed by atoms with Gasteiger partial charge in [0.2, 0.25) is 0 Å². The van der Waals surface area contributed by atoms with E-state index < -0.39 is 0 Å². The van der Waals surface area contributed by atoms with Crippen LogP contribution in [0.15, 0.2) is 48.5 Å². The lowest BCUT2D eigenvalue weighted by atomic mass is 10.1. The standard InChI is InChI=1S/C16H15NO4/c1-20-15(18)11-6-8-13(9-7-11)17-14-5-3-4-12(10-14)16(19)21-2/h3-10,17H,1-2H3. The number of benzene rings is 2. The van der Waals surface area contributed by atoms with Gasteiger partial charge in [-0.1, -0.05) is 6.07 Å². The number of carbonyl (C=O) groups is 2. The quantitative estimate of drug-likeness (QED) is 0.875. The normalized spacial score (nSPS) is 9.81. The van der Waals surface area contributed by atoms with Gasteiger partial charge < -0.3 is 14.8 Å². The smallest absolute Gasteiger partial charge is 0.337 e. The molecule has 2 aromatic carbocycles. The van der Waals surface area contributed by atoms with E-state index in [-0.39, 0.29) is 11.9 Å². The van der Waals surface area contributed by atoms with Crippen molar-refractivity contribution in [3.05, 3.63) is 59.7 Å². The molecule has 21 heavy (non-hydrogen) atoms. The van der Waals surface area contributed by atoms with Gasteiger partial charge in [-0.25, -0.2) is 9.59 Å². The zero-order valence-corrected chi connectivity index (χ0v) is 11.8. The molecule has 0 aliphatic heterocycles. The molecular weight excluding hydrogens is 270 g/mol. The van der Waals surface area contributed by atoms with Gasteiger partial charge in [0, 0.05) is 11.4 Å². The molecule has 5 nitrogen and oxygen atoms in total. The molecule has 1 N–H and O–H groups in total. The maximum Gasteiger partial charge on any atom is 0.337 e. The van der Waals surface area contributed by atoms with Crippen LogP contribution < -0.4 is 5.32 Å². The van der Waals surface area contributed by atoms with Gasteiger partial charge in [0.1, 0.15) is 0 Å². The fraction of sp³-hybridized carbons (Fsp3) is 0.125. The summed E-state index contributed by atoms with van der Waals surface area (Å²) in [5.41, 5.74) is 2.49. The predicted molar refractivity (Wildman–Crippen MR) is 78.8 cm³/mol. The van der Waals surface area contributed by atoms with Crippen molar-refractivity contribution in [2.24, 2.45) is 0 Å². The zero-order valence-electron chi connectivity index (χ0n) is 11.8. The highest BCUT2D eigenvalue weighted by molar-refractivity contribution is 5.91. The van der Waals surface area contributed by atoms with Gasteiger partial charge in [0.05, 0.1) is 25.3 Å². The first kappa shape index (κ1) is 14.6. The first-order valence-electron chi connectivity index (χ1n) is 6.28. The van der Waals surface area contributed by atoms with E-state index in [0.717, 1.165) is 11.4 Å². The molecule has 0 unspecified atom stereocenters. The average molecular weight is 285 g/mol. The second kappa shape index (κ2) is 6.56. The number of carbonyl (C=O) groups excluding carboxylic acids is 2. The summed E-state index contributed by atoms with van der Waals surface area (Å²) >= 11 is 0. The highest BCUT2D eigenvalue weighted by Gasteiger charge is 2.07. The minimum absolute atomic E-state index is 0.380. The van der Waals surface area contributed by atoms with Crippen molar-refractivity contribution in [2.45, 2.75) is 0 Å². The lowest BCUT2D eigenvalue weighted by Gasteiger charge is -2.08. The predicted octanol–water partition coefficient (Wildman–Crippen LogP) is 3.00. The first-order valence-corrected chi connectivity index (χ1v) is 6.28. The van der Waals surface area contributed by atoms with E-state index in [1.165, 1.54) is 14.2 Å². The third-order valence-electron chi connectivity index (χ3n) is 2.88. The molecule has 0 heterocycles. The van der Waals surface area contributed by atoms with E-state index >= 15 is 0 Å². The molecule has 108 valence electrons. The van der Waals surface area contributed by atoms with Crippen molar-refractivity contribution in [3.8, 4) is 0 Å². The first-order chi connectivity index (χ1) is 10.1. The van der Waals surface area contributed by atoms with E-state index in [4.69, 9.17) is 0 Å². The molecule has 0 fully saturated rings. The van der Waals surface area contributed by atoms with Crippen LogP contribution in [0.2, 0.25) is 0 Å². The molecule has 0 aliphatic carbocycles. The number of methoxy groups -OCH3 is 2. The Hall–Kier alpha value is -2.82. The lowest BCUT2D eigenvalue weighted by Crippen LogP contribution is -2.02. The molecular formula is C16H15NO4. The summed E-state index contributed by atoms with van der Waals surface area (Å²) in [6, 6.07) is 13.8. The van der Waals surface area contributed by atoms with Crippen LogP contribution in [0.5, 0.6) is 0 Å². The third-order valence-corrected chi connectivity index (χ3v) is 2.88. The Morgan fingerprint density at radius 1 is 0.810 bits per heavy atom. The average Bonchev–Trinajstić information content (AvgIpc) is 2.54. The summed E-state index contributed by atoms with van der Waals surface area (Å²) in [6.45, 7) is 0. The Morgan fingerprint density at radius 2 is 1.43 bits per heavy atom. The fourth-order valence-corrected chi connectivity index (χ4v) is 1.82. The van der Waals surface area contributed by atoms with Crippen molar-refractivity contribution in [2.75, 3.05) is 19.5 Å². The van der Waals surface area contributed by atoms with Crippen LogP contribution in [-0.2, 0) is 9.47 Å². The van der Waals surface area contributed by atoms with Crippen molar-refractivity contribution < 1.29 is 19.1 Å². The molecule has 0 aliphatic rings. The van der Waals surface area contributed by atoms with Gasteiger partial charge in [-0.2, -0.15) is 0 Å². The van der Waals surface area contributed by atoms with Crippen molar-refractivity contribution in [1.82, 2.24) is 0 Å². The molecule has 2 aromatic rings. The number of ether oxygens (including phenoxy) is 2. The van der Waals surface area contributed by atoms with E-state index in [1.54, 1.807) is 42.5 Å². The topological polar surface area (TPSA) is 64.6 Å². The summed E-state index contributed by atoms with van der Waals surface area (Å²) in [7, 11) is 2.68. The number of hydrogen-bond acceptors (Lipinski definition) is 5. The van der Waals surface area contributed by atoms with Crippen LogP contribution >= 0.6 is 0 Å². The molecule has 5 heteroatoms. The number of hydrogen-bond donors (Lipinski definition) is 1. The molecule has 0 radical (unpaired) electrons. The highest BCUT2D eigenvalue weighted by atomic mass is 16.5. The maximum absolute atomic E-state index is 11.5. The molecule has 0 amide bonds. The minimum Gasteiger partial charge on any atom is -0.465 e. The number of nitrogens with one attached hydrogen (secondary N) is 1. The van der Waals surface area contributed by atoms with Crippen LogP contribution in [0.25, 0.3) is 0 Å². The van der Waals surface area contributed by atoms with Gasteiger partial charge in [-0.15, -0.1) is 0 Å². The van der Waals surface area contributed by atoms with E-state index in [2.05, 4.69) is 14.8 Å². The van der Waals surface area contributed by atoms with Gasteiger partial charge in [0.25, 0.3) is 0 Å². The summed E-state index contributed by atoms with van der Waals surface area (Å²) in [5.74, 6) is -0.770. The number of esters is 2. The monoisotopic (exact) mass is 285 g/mol. The number of rotatable bonds is 4. The van der Waals surface area contributed by atoms with Gasteiger partial charge in [-0.3, -0.25) is 0 Å². The summed E-state index contributed by atoms with van der Waals surface area (Å²) in [6.07, 6.45) is 0. The van der Waals surface area contributed by atoms with Crippen LogP contribution in [0.1, 0.15) is 20.7 Å². The van der Waals surface area contributed by atoms with Crippen molar-refractivity contribution in [1.29, 1.82) is 0 Å². The van der Waals surface area contributed by atoms with Crippen molar-refractivity contribution >= 4 is 23.3 Å². The highest BCUT2D eigenvalue weighted by Crippen LogP contribution is 2.19. The molecule has 0 atom stereocenters. The molecule has 0 spiro atoms. The summed E-state index contributed by atoms with van der Waals surface area (Å²) in [5, 5.41) is 3.15. The Bertz CT molecular complexity index is 650. The summed E-state index contributed by atoms with van der Waals surface area (Å²) < 4.78 is 9.32. The van der Waals surface area contributed by atoms with Crippen LogP contribution in [0.3, 0.4) is 0 Å². The molecule has 2 rings (SSSR count). The second-order valence-electron chi connectivity index (χ2n) is 4.27. The minimum atomic E-state index is -0.389. The van der Waals surface area contributed by atoms with Crippen LogP contribution in [-0.4, -0.2) is 26.2 Å². The lowest BCUT2D eigenvalue weighted by molar-refractivity contribution is 0.0592. The molecule has 0 aromatic heterocycles. The van der Waals surface area contributed by atoms with Crippen LogP contribution in [0.4, 0.5) is 11.4 Å². The summed E-state index contributed by atoms with van der Waals surface area (Å²) in [4.78, 5) is 22.8.